The molecule has 0 aliphatic carbocycles. The van der Waals surface area contributed by atoms with E-state index in [4.69, 9.17) is 11.6 Å². The molecule has 0 radical (unpaired) electrons. The zero-order valence-corrected chi connectivity index (χ0v) is 15.5. The molecule has 26 heavy (non-hydrogen) atoms. The number of carbonyl (C=O) groups is 1. The molecule has 0 fully saturated rings. The average Bonchev–Trinajstić information content (AvgIpc) is 3.04. The molecule has 3 rings (SSSR count). The van der Waals surface area contributed by atoms with Gasteiger partial charge in [0.05, 0.1) is 16.1 Å². The van der Waals surface area contributed by atoms with Crippen molar-refractivity contribution in [2.24, 2.45) is 0 Å². The molecule has 0 saturated carbocycles. The molecule has 0 aliphatic heterocycles. The number of nitrogens with one attached hydrogen (secondary N) is 3. The van der Waals surface area contributed by atoms with E-state index in [1.807, 2.05) is 24.3 Å². The van der Waals surface area contributed by atoms with Crippen molar-refractivity contribution in [1.82, 2.24) is 20.0 Å². The smallest absolute Gasteiger partial charge is 0.251 e. The van der Waals surface area contributed by atoms with Crippen LogP contribution in [-0.4, -0.2) is 37.9 Å². The van der Waals surface area contributed by atoms with Crippen LogP contribution in [0.2, 0.25) is 5.02 Å². The van der Waals surface area contributed by atoms with Gasteiger partial charge < -0.3 is 10.3 Å². The van der Waals surface area contributed by atoms with Crippen molar-refractivity contribution < 1.29 is 13.2 Å². The molecule has 0 spiro atoms. The summed E-state index contributed by atoms with van der Waals surface area (Å²) in [7, 11) is -2.46. The molecule has 3 N–H and O–H groups in total. The maximum atomic E-state index is 12.3. The van der Waals surface area contributed by atoms with E-state index in [9.17, 15) is 13.2 Å². The highest BCUT2D eigenvalue weighted by Gasteiger charge is 2.18. The summed E-state index contributed by atoms with van der Waals surface area (Å²) in [6.07, 6.45) is 0.523. The number of H-pyrrole nitrogens is 1. The first-order valence-electron chi connectivity index (χ1n) is 7.85. The molecule has 1 amide bonds. The maximum absolute atomic E-state index is 12.3. The summed E-state index contributed by atoms with van der Waals surface area (Å²) in [5, 5.41) is 2.80. The average molecular weight is 393 g/mol. The van der Waals surface area contributed by atoms with Gasteiger partial charge in [-0.15, -0.1) is 0 Å². The molecule has 0 aliphatic rings. The van der Waals surface area contributed by atoms with Gasteiger partial charge in [0.25, 0.3) is 5.91 Å². The number of imidazole rings is 1. The van der Waals surface area contributed by atoms with Gasteiger partial charge in [-0.05, 0) is 37.4 Å². The molecule has 0 unspecified atom stereocenters. The minimum atomic E-state index is -3.74. The van der Waals surface area contributed by atoms with Gasteiger partial charge in [0.1, 0.15) is 10.7 Å². The monoisotopic (exact) mass is 392 g/mol. The van der Waals surface area contributed by atoms with E-state index in [-0.39, 0.29) is 21.4 Å². The van der Waals surface area contributed by atoms with Crippen LogP contribution in [0.4, 0.5) is 0 Å². The number of aromatic nitrogens is 2. The fraction of sp³-hybridized carbons (Fsp3) is 0.176. The zero-order chi connectivity index (χ0) is 18.7. The van der Waals surface area contributed by atoms with Gasteiger partial charge in [0.2, 0.25) is 10.0 Å². The number of nitrogens with zero attached hydrogens (tertiary/aromatic N) is 1. The standard InChI is InChI=1S/C17H17ClN4O3S/c1-19-26(24,25)15-10-11(6-7-12(15)18)17(23)20-9-8-16-21-13-4-2-3-5-14(13)22-16/h2-7,10,19H,8-9H2,1H3,(H,20,23)(H,21,22). The van der Waals surface area contributed by atoms with Crippen molar-refractivity contribution in [2.75, 3.05) is 13.6 Å². The number of aromatic amines is 1. The van der Waals surface area contributed by atoms with Gasteiger partial charge >= 0.3 is 0 Å². The third kappa shape index (κ3) is 3.87. The molecular formula is C17H17ClN4O3S. The van der Waals surface area contributed by atoms with Crippen molar-refractivity contribution in [3.8, 4) is 0 Å². The number of hydrogen-bond donors (Lipinski definition) is 3. The predicted molar refractivity (Wildman–Crippen MR) is 99.8 cm³/mol. The number of benzene rings is 2. The van der Waals surface area contributed by atoms with Crippen LogP contribution in [0.15, 0.2) is 47.4 Å². The van der Waals surface area contributed by atoms with Crippen molar-refractivity contribution >= 4 is 38.6 Å². The van der Waals surface area contributed by atoms with E-state index in [0.29, 0.717) is 13.0 Å². The Balaban J connectivity index is 1.67. The number of sulfonamides is 1. The molecule has 136 valence electrons. The van der Waals surface area contributed by atoms with Crippen LogP contribution in [0, 0.1) is 0 Å². The molecule has 2 aromatic carbocycles. The van der Waals surface area contributed by atoms with Crippen molar-refractivity contribution in [3.63, 3.8) is 0 Å². The minimum absolute atomic E-state index is 0.0539. The molecular weight excluding hydrogens is 376 g/mol. The first-order chi connectivity index (χ1) is 12.4. The normalized spacial score (nSPS) is 11.6. The summed E-state index contributed by atoms with van der Waals surface area (Å²) in [5.74, 6) is 0.381. The minimum Gasteiger partial charge on any atom is -0.352 e. The van der Waals surface area contributed by atoms with Gasteiger partial charge in [-0.2, -0.15) is 0 Å². The maximum Gasteiger partial charge on any atom is 0.251 e. The molecule has 7 nitrogen and oxygen atoms in total. The Kier molecular flexibility index (Phi) is 5.26. The first kappa shape index (κ1) is 18.4. The second-order valence-electron chi connectivity index (χ2n) is 5.56. The number of carbonyl (C=O) groups excluding carboxylic acids is 1. The quantitative estimate of drug-likeness (QED) is 0.597. The molecule has 0 saturated heterocycles. The third-order valence-electron chi connectivity index (χ3n) is 3.84. The lowest BCUT2D eigenvalue weighted by Gasteiger charge is -2.08. The van der Waals surface area contributed by atoms with E-state index >= 15 is 0 Å². The Morgan fingerprint density at radius 2 is 2.00 bits per heavy atom. The van der Waals surface area contributed by atoms with Gasteiger partial charge in [-0.25, -0.2) is 18.1 Å². The van der Waals surface area contributed by atoms with E-state index < -0.39 is 10.0 Å². The second-order valence-corrected chi connectivity index (χ2v) is 7.82. The summed E-state index contributed by atoms with van der Waals surface area (Å²) < 4.78 is 26.1. The number of para-hydroxylation sites is 2. The Hall–Kier alpha value is -2.42. The van der Waals surface area contributed by atoms with Gasteiger partial charge in [-0.1, -0.05) is 23.7 Å². The lowest BCUT2D eigenvalue weighted by molar-refractivity contribution is 0.0954. The first-order valence-corrected chi connectivity index (χ1v) is 9.72. The SMILES string of the molecule is CNS(=O)(=O)c1cc(C(=O)NCCc2nc3ccccc3[nH]2)ccc1Cl. The third-order valence-corrected chi connectivity index (χ3v) is 5.73. The van der Waals surface area contributed by atoms with Crippen LogP contribution in [0.5, 0.6) is 0 Å². The van der Waals surface area contributed by atoms with Crippen LogP contribution in [0.3, 0.4) is 0 Å². The molecule has 1 aromatic heterocycles. The van der Waals surface area contributed by atoms with Gasteiger partial charge in [-0.3, -0.25) is 4.79 Å². The van der Waals surface area contributed by atoms with E-state index in [1.54, 1.807) is 0 Å². The molecule has 9 heteroatoms. The Morgan fingerprint density at radius 3 is 2.73 bits per heavy atom. The van der Waals surface area contributed by atoms with Crippen LogP contribution in [-0.2, 0) is 16.4 Å². The van der Waals surface area contributed by atoms with E-state index in [0.717, 1.165) is 16.9 Å². The number of halogens is 1. The van der Waals surface area contributed by atoms with Crippen LogP contribution in [0.25, 0.3) is 11.0 Å². The highest BCUT2D eigenvalue weighted by molar-refractivity contribution is 7.89. The molecule has 3 aromatic rings. The summed E-state index contributed by atoms with van der Waals surface area (Å²) in [4.78, 5) is 19.8. The number of amides is 1. The fourth-order valence-electron chi connectivity index (χ4n) is 2.48. The largest absolute Gasteiger partial charge is 0.352 e. The number of rotatable bonds is 6. The highest BCUT2D eigenvalue weighted by atomic mass is 35.5. The Bertz CT molecular complexity index is 1030. The summed E-state index contributed by atoms with van der Waals surface area (Å²) in [6.45, 7) is 0.357. The molecule has 0 atom stereocenters. The van der Waals surface area contributed by atoms with Crippen LogP contribution in [0.1, 0.15) is 16.2 Å². The summed E-state index contributed by atoms with van der Waals surface area (Å²) in [5.41, 5.74) is 2.02. The lowest BCUT2D eigenvalue weighted by atomic mass is 10.2. The van der Waals surface area contributed by atoms with Crippen LogP contribution >= 0.6 is 11.6 Å². The lowest BCUT2D eigenvalue weighted by Crippen LogP contribution is -2.26. The highest BCUT2D eigenvalue weighted by Crippen LogP contribution is 2.22. The van der Waals surface area contributed by atoms with Gasteiger partial charge in [0.15, 0.2) is 0 Å². The fourth-order valence-corrected chi connectivity index (χ4v) is 3.73. The van der Waals surface area contributed by atoms with Crippen molar-refractivity contribution in [1.29, 1.82) is 0 Å². The summed E-state index contributed by atoms with van der Waals surface area (Å²) in [6, 6.07) is 11.8. The molecule has 1 heterocycles. The molecule has 0 bridgehead atoms. The van der Waals surface area contributed by atoms with E-state index in [1.165, 1.54) is 25.2 Å². The topological polar surface area (TPSA) is 104 Å². The van der Waals surface area contributed by atoms with Crippen molar-refractivity contribution in [2.45, 2.75) is 11.3 Å². The Morgan fingerprint density at radius 1 is 1.23 bits per heavy atom. The Labute approximate surface area is 155 Å². The second kappa shape index (κ2) is 7.45. The van der Waals surface area contributed by atoms with Gasteiger partial charge in [0, 0.05) is 18.5 Å². The van der Waals surface area contributed by atoms with Crippen molar-refractivity contribution in [3.05, 3.63) is 58.9 Å². The zero-order valence-electron chi connectivity index (χ0n) is 13.9. The van der Waals surface area contributed by atoms with Crippen LogP contribution < -0.4 is 10.0 Å². The summed E-state index contributed by atoms with van der Waals surface area (Å²) >= 11 is 5.92. The van der Waals surface area contributed by atoms with E-state index in [2.05, 4.69) is 20.0 Å². The predicted octanol–water partition coefficient (Wildman–Crippen LogP) is 2.10. The number of hydrogen-bond acceptors (Lipinski definition) is 4. The number of fused-ring (bicyclic) bond motifs is 1.